The summed E-state index contributed by atoms with van der Waals surface area (Å²) in [6, 6.07) is 3.38. The molecule has 1 amide bonds. The molecule has 0 saturated carbocycles. The minimum atomic E-state index is -0.815. The van der Waals surface area contributed by atoms with Crippen molar-refractivity contribution in [3.8, 4) is 0 Å². The summed E-state index contributed by atoms with van der Waals surface area (Å²) in [6.45, 7) is 6.25. The summed E-state index contributed by atoms with van der Waals surface area (Å²) >= 11 is 1.25. The van der Waals surface area contributed by atoms with E-state index in [1.54, 1.807) is 24.6 Å². The Kier molecular flexibility index (Phi) is 5.62. The maximum Gasteiger partial charge on any atom is 0.259 e. The highest BCUT2D eigenvalue weighted by atomic mass is 32.1. The topological polar surface area (TPSA) is 100 Å². The smallest absolute Gasteiger partial charge is 0.259 e. The number of nitrogens with zero attached hydrogens (tertiary/aromatic N) is 3. The molecule has 0 aliphatic heterocycles. The van der Waals surface area contributed by atoms with Gasteiger partial charge in [-0.25, -0.2) is 4.98 Å². The van der Waals surface area contributed by atoms with E-state index in [1.165, 1.54) is 17.5 Å². The van der Waals surface area contributed by atoms with Gasteiger partial charge in [-0.3, -0.25) is 10.1 Å². The standard InChI is InChI=1S/C15H21N5O2S/c1-4-10(2)15(3,22)8-17-12-6-5-11(7-16-12)13(21)19-14-20-18-9-23-14/h5-7,9-10,22H,4,8H2,1-3H3,(H,16,17)(H,19,20,21). The summed E-state index contributed by atoms with van der Waals surface area (Å²) < 4.78 is 0. The third-order valence-corrected chi connectivity index (χ3v) is 4.51. The van der Waals surface area contributed by atoms with Crippen molar-refractivity contribution >= 4 is 28.2 Å². The molecule has 0 radical (unpaired) electrons. The number of carbonyl (C=O) groups is 1. The number of amides is 1. The number of hydrogen-bond donors (Lipinski definition) is 3. The normalized spacial score (nSPS) is 14.8. The van der Waals surface area contributed by atoms with Crippen LogP contribution < -0.4 is 10.6 Å². The van der Waals surface area contributed by atoms with Gasteiger partial charge in [-0.2, -0.15) is 0 Å². The summed E-state index contributed by atoms with van der Waals surface area (Å²) in [4.78, 5) is 16.2. The number of carbonyl (C=O) groups excluding carboxylic acids is 1. The largest absolute Gasteiger partial charge is 0.388 e. The molecule has 0 saturated heterocycles. The van der Waals surface area contributed by atoms with Gasteiger partial charge in [-0.1, -0.05) is 31.6 Å². The third kappa shape index (κ3) is 4.70. The molecule has 2 heterocycles. The summed E-state index contributed by atoms with van der Waals surface area (Å²) in [5.74, 6) is 0.500. The fourth-order valence-electron chi connectivity index (χ4n) is 1.91. The van der Waals surface area contributed by atoms with Gasteiger partial charge in [-0.05, 0) is 25.0 Å². The highest BCUT2D eigenvalue weighted by molar-refractivity contribution is 7.13. The van der Waals surface area contributed by atoms with Gasteiger partial charge in [0, 0.05) is 12.7 Å². The zero-order chi connectivity index (χ0) is 16.9. The second kappa shape index (κ2) is 7.47. The van der Waals surface area contributed by atoms with Crippen LogP contribution in [0.4, 0.5) is 10.9 Å². The molecule has 2 rings (SSSR count). The molecule has 2 aromatic heterocycles. The van der Waals surface area contributed by atoms with E-state index in [2.05, 4.69) is 25.8 Å². The monoisotopic (exact) mass is 335 g/mol. The second-order valence-corrected chi connectivity index (χ2v) is 6.48. The first kappa shape index (κ1) is 17.3. The van der Waals surface area contributed by atoms with Gasteiger partial charge in [-0.15, -0.1) is 10.2 Å². The van der Waals surface area contributed by atoms with Crippen molar-refractivity contribution in [3.05, 3.63) is 29.4 Å². The number of anilines is 2. The molecule has 2 aromatic rings. The average Bonchev–Trinajstić information content (AvgIpc) is 3.05. The second-order valence-electron chi connectivity index (χ2n) is 5.65. The zero-order valence-corrected chi connectivity index (χ0v) is 14.2. The molecule has 23 heavy (non-hydrogen) atoms. The van der Waals surface area contributed by atoms with Gasteiger partial charge in [0.1, 0.15) is 11.3 Å². The van der Waals surface area contributed by atoms with E-state index in [-0.39, 0.29) is 11.8 Å². The van der Waals surface area contributed by atoms with E-state index < -0.39 is 5.60 Å². The molecule has 0 aromatic carbocycles. The van der Waals surface area contributed by atoms with Crippen LogP contribution in [0, 0.1) is 5.92 Å². The van der Waals surface area contributed by atoms with Crippen LogP contribution in [-0.2, 0) is 0 Å². The van der Waals surface area contributed by atoms with E-state index in [4.69, 9.17) is 0 Å². The Morgan fingerprint density at radius 3 is 2.83 bits per heavy atom. The van der Waals surface area contributed by atoms with Gasteiger partial charge >= 0.3 is 0 Å². The predicted molar refractivity (Wildman–Crippen MR) is 90.7 cm³/mol. The van der Waals surface area contributed by atoms with Crippen LogP contribution in [0.5, 0.6) is 0 Å². The minimum Gasteiger partial charge on any atom is -0.388 e. The van der Waals surface area contributed by atoms with Gasteiger partial charge in [0.15, 0.2) is 0 Å². The molecule has 124 valence electrons. The molecular formula is C15H21N5O2S. The van der Waals surface area contributed by atoms with Crippen LogP contribution in [0.2, 0.25) is 0 Å². The molecule has 0 spiro atoms. The first-order chi connectivity index (χ1) is 10.9. The fourth-order valence-corrected chi connectivity index (χ4v) is 2.35. The van der Waals surface area contributed by atoms with Crippen LogP contribution in [0.25, 0.3) is 0 Å². The predicted octanol–water partition coefficient (Wildman–Crippen LogP) is 2.39. The SMILES string of the molecule is CCC(C)C(C)(O)CNc1ccc(C(=O)Nc2nncs2)cn1. The lowest BCUT2D eigenvalue weighted by atomic mass is 9.89. The zero-order valence-electron chi connectivity index (χ0n) is 13.4. The molecule has 0 aliphatic rings. The van der Waals surface area contributed by atoms with Crippen molar-refractivity contribution < 1.29 is 9.90 Å². The summed E-state index contributed by atoms with van der Waals surface area (Å²) in [6.07, 6.45) is 2.38. The molecular weight excluding hydrogens is 314 g/mol. The number of nitrogens with one attached hydrogen (secondary N) is 2. The molecule has 0 fully saturated rings. The van der Waals surface area contributed by atoms with E-state index in [0.29, 0.717) is 23.1 Å². The van der Waals surface area contributed by atoms with Gasteiger partial charge < -0.3 is 10.4 Å². The maximum atomic E-state index is 12.0. The third-order valence-electron chi connectivity index (χ3n) is 3.91. The number of aliphatic hydroxyl groups is 1. The molecule has 3 N–H and O–H groups in total. The van der Waals surface area contributed by atoms with Crippen molar-refractivity contribution in [2.45, 2.75) is 32.8 Å². The van der Waals surface area contributed by atoms with E-state index in [9.17, 15) is 9.90 Å². The van der Waals surface area contributed by atoms with Gasteiger partial charge in [0.05, 0.1) is 11.2 Å². The first-order valence-electron chi connectivity index (χ1n) is 7.42. The summed E-state index contributed by atoms with van der Waals surface area (Å²) in [5.41, 5.74) is 1.16. The number of pyridine rings is 1. The van der Waals surface area contributed by atoms with Crippen molar-refractivity contribution in [1.82, 2.24) is 15.2 Å². The van der Waals surface area contributed by atoms with Crippen molar-refractivity contribution in [2.75, 3.05) is 17.2 Å². The van der Waals surface area contributed by atoms with Crippen LogP contribution in [0.3, 0.4) is 0 Å². The lowest BCUT2D eigenvalue weighted by molar-refractivity contribution is 0.0175. The Labute approximate surface area is 139 Å². The number of aromatic nitrogens is 3. The van der Waals surface area contributed by atoms with Crippen LogP contribution in [0.1, 0.15) is 37.6 Å². The van der Waals surface area contributed by atoms with Crippen LogP contribution >= 0.6 is 11.3 Å². The molecule has 8 heteroatoms. The number of hydrogen-bond acceptors (Lipinski definition) is 7. The lowest BCUT2D eigenvalue weighted by Crippen LogP contribution is -2.40. The Morgan fingerprint density at radius 2 is 2.26 bits per heavy atom. The highest BCUT2D eigenvalue weighted by Gasteiger charge is 2.26. The minimum absolute atomic E-state index is 0.173. The number of rotatable bonds is 7. The summed E-state index contributed by atoms with van der Waals surface area (Å²) in [5, 5.41) is 24.0. The van der Waals surface area contributed by atoms with E-state index in [1.807, 2.05) is 13.8 Å². The molecule has 2 unspecified atom stereocenters. The van der Waals surface area contributed by atoms with Crippen LogP contribution in [0.15, 0.2) is 23.8 Å². The van der Waals surface area contributed by atoms with Crippen molar-refractivity contribution in [3.63, 3.8) is 0 Å². The van der Waals surface area contributed by atoms with E-state index in [0.717, 1.165) is 6.42 Å². The van der Waals surface area contributed by atoms with E-state index >= 15 is 0 Å². The van der Waals surface area contributed by atoms with Gasteiger partial charge in [0.25, 0.3) is 5.91 Å². The van der Waals surface area contributed by atoms with Crippen molar-refractivity contribution in [1.29, 1.82) is 0 Å². The summed E-state index contributed by atoms with van der Waals surface area (Å²) in [7, 11) is 0. The molecule has 7 nitrogen and oxygen atoms in total. The Hall–Kier alpha value is -2.06. The van der Waals surface area contributed by atoms with Gasteiger partial charge in [0.2, 0.25) is 5.13 Å². The Bertz CT molecular complexity index is 628. The average molecular weight is 335 g/mol. The maximum absolute atomic E-state index is 12.0. The molecule has 0 bridgehead atoms. The molecule has 0 aliphatic carbocycles. The Morgan fingerprint density at radius 1 is 1.48 bits per heavy atom. The molecule has 2 atom stereocenters. The lowest BCUT2D eigenvalue weighted by Gasteiger charge is -2.30. The first-order valence-corrected chi connectivity index (χ1v) is 8.30. The Balaban J connectivity index is 1.93. The van der Waals surface area contributed by atoms with Crippen molar-refractivity contribution in [2.24, 2.45) is 5.92 Å². The van der Waals surface area contributed by atoms with Crippen LogP contribution in [-0.4, -0.2) is 38.3 Å². The quantitative estimate of drug-likeness (QED) is 0.718. The fraction of sp³-hybridized carbons (Fsp3) is 0.467. The highest BCUT2D eigenvalue weighted by Crippen LogP contribution is 2.20.